The number of hydrogen-bond acceptors (Lipinski definition) is 4. The minimum Gasteiger partial charge on any atom is -0.497 e. The van der Waals surface area contributed by atoms with Gasteiger partial charge in [-0.05, 0) is 85.1 Å². The highest BCUT2D eigenvalue weighted by Gasteiger charge is 2.13. The van der Waals surface area contributed by atoms with Gasteiger partial charge in [0.25, 0.3) is 5.91 Å². The normalized spacial score (nSPS) is 11.7. The first-order valence-electron chi connectivity index (χ1n) is 10.6. The summed E-state index contributed by atoms with van der Waals surface area (Å²) in [7, 11) is -0.103. The van der Waals surface area contributed by atoms with Crippen molar-refractivity contribution in [2.45, 2.75) is 25.2 Å². The van der Waals surface area contributed by atoms with Gasteiger partial charge in [-0.3, -0.25) is 9.52 Å². The van der Waals surface area contributed by atoms with E-state index < -0.39 is 16.9 Å². The summed E-state index contributed by atoms with van der Waals surface area (Å²) in [6.07, 6.45) is 2.76. The first-order chi connectivity index (χ1) is 16.0. The summed E-state index contributed by atoms with van der Waals surface area (Å²) in [4.78, 5) is 13.1. The molecule has 33 heavy (non-hydrogen) atoms. The zero-order chi connectivity index (χ0) is 23.4. The Kier molecular flexibility index (Phi) is 6.70. The van der Waals surface area contributed by atoms with Crippen LogP contribution in [0.25, 0.3) is 16.9 Å². The van der Waals surface area contributed by atoms with E-state index in [0.29, 0.717) is 16.2 Å². The lowest BCUT2D eigenvalue weighted by molar-refractivity contribution is 0.0983. The lowest BCUT2D eigenvalue weighted by atomic mass is 10.0. The molecule has 1 N–H and O–H groups in total. The Bertz CT molecular complexity index is 1300. The van der Waals surface area contributed by atoms with Gasteiger partial charge in [-0.2, -0.15) is 5.10 Å². The standard InChI is InChI=1S/C26H25N3O3S/c1-4-19-5-6-21(17-18(19)2)25-15-16-27-29(25)22-9-7-20(8-10-22)26(30)28-33(31)24-13-11-23(32-3)12-14-24/h5-17H,4H2,1-3H3,(H,28,30). The van der Waals surface area contributed by atoms with Crippen LogP contribution in [0.3, 0.4) is 0 Å². The van der Waals surface area contributed by atoms with E-state index in [9.17, 15) is 9.00 Å². The number of nitrogens with one attached hydrogen (secondary N) is 1. The van der Waals surface area contributed by atoms with Crippen LogP contribution in [-0.4, -0.2) is 27.0 Å². The van der Waals surface area contributed by atoms with Crippen molar-refractivity contribution in [3.63, 3.8) is 0 Å². The molecule has 1 aromatic heterocycles. The largest absolute Gasteiger partial charge is 0.497 e. The third-order valence-corrected chi connectivity index (χ3v) is 6.57. The fourth-order valence-corrected chi connectivity index (χ4v) is 4.42. The summed E-state index contributed by atoms with van der Waals surface area (Å²) in [6, 6.07) is 22.2. The summed E-state index contributed by atoms with van der Waals surface area (Å²) in [5, 5.41) is 4.47. The molecule has 0 saturated carbocycles. The molecule has 6 nitrogen and oxygen atoms in total. The Balaban J connectivity index is 1.51. The lowest BCUT2D eigenvalue weighted by Crippen LogP contribution is -2.25. The van der Waals surface area contributed by atoms with E-state index in [2.05, 4.69) is 41.9 Å². The third-order valence-electron chi connectivity index (χ3n) is 5.49. The number of amides is 1. The molecule has 1 amide bonds. The molecule has 1 heterocycles. The topological polar surface area (TPSA) is 73.2 Å². The first-order valence-corrected chi connectivity index (χ1v) is 11.8. The van der Waals surface area contributed by atoms with Gasteiger partial charge in [-0.15, -0.1) is 0 Å². The minimum absolute atomic E-state index is 0.414. The van der Waals surface area contributed by atoms with Crippen molar-refractivity contribution in [2.75, 3.05) is 7.11 Å². The number of methoxy groups -OCH3 is 1. The second kappa shape index (κ2) is 9.83. The second-order valence-electron chi connectivity index (χ2n) is 7.55. The molecule has 1 atom stereocenters. The van der Waals surface area contributed by atoms with E-state index in [4.69, 9.17) is 4.74 Å². The molecule has 4 rings (SSSR count). The van der Waals surface area contributed by atoms with Crippen LogP contribution in [-0.2, 0) is 17.4 Å². The summed E-state index contributed by atoms with van der Waals surface area (Å²) >= 11 is 0. The lowest BCUT2D eigenvalue weighted by Gasteiger charge is -2.11. The van der Waals surface area contributed by atoms with E-state index in [1.807, 2.05) is 22.9 Å². The van der Waals surface area contributed by atoms with Gasteiger partial charge in [0.05, 0.1) is 29.6 Å². The Morgan fingerprint density at radius 1 is 1.03 bits per heavy atom. The van der Waals surface area contributed by atoms with Crippen molar-refractivity contribution in [1.29, 1.82) is 0 Å². The van der Waals surface area contributed by atoms with Crippen molar-refractivity contribution in [3.8, 4) is 22.7 Å². The summed E-state index contributed by atoms with van der Waals surface area (Å²) < 4.78 is 22.0. The Hall–Kier alpha value is -3.71. The quantitative estimate of drug-likeness (QED) is 0.428. The van der Waals surface area contributed by atoms with Crippen LogP contribution in [0.2, 0.25) is 0 Å². The van der Waals surface area contributed by atoms with Gasteiger partial charge in [0.15, 0.2) is 11.0 Å². The van der Waals surface area contributed by atoms with Gasteiger partial charge in [-0.1, -0.05) is 19.1 Å². The smallest absolute Gasteiger partial charge is 0.263 e. The molecule has 0 aliphatic carbocycles. The predicted octanol–water partition coefficient (Wildman–Crippen LogP) is 4.87. The Morgan fingerprint density at radius 3 is 2.39 bits per heavy atom. The monoisotopic (exact) mass is 459 g/mol. The molecule has 0 bridgehead atoms. The fourth-order valence-electron chi connectivity index (χ4n) is 3.63. The molecule has 168 valence electrons. The molecule has 0 fully saturated rings. The van der Waals surface area contributed by atoms with E-state index in [1.54, 1.807) is 49.7 Å². The number of ether oxygens (including phenoxy) is 1. The van der Waals surface area contributed by atoms with Gasteiger partial charge < -0.3 is 4.74 Å². The van der Waals surface area contributed by atoms with Crippen molar-refractivity contribution in [2.24, 2.45) is 0 Å². The molecule has 3 aromatic carbocycles. The molecular formula is C26H25N3O3S. The number of benzene rings is 3. The minimum atomic E-state index is -1.67. The maximum atomic E-state index is 12.6. The number of rotatable bonds is 7. The van der Waals surface area contributed by atoms with Crippen molar-refractivity contribution >= 4 is 16.9 Å². The molecule has 0 spiro atoms. The zero-order valence-electron chi connectivity index (χ0n) is 18.7. The molecule has 0 saturated heterocycles. The molecular weight excluding hydrogens is 434 g/mol. The molecule has 0 radical (unpaired) electrons. The van der Waals surface area contributed by atoms with E-state index in [0.717, 1.165) is 23.4 Å². The van der Waals surface area contributed by atoms with Gasteiger partial charge in [0, 0.05) is 11.1 Å². The van der Waals surface area contributed by atoms with Crippen LogP contribution in [0.15, 0.2) is 83.9 Å². The van der Waals surface area contributed by atoms with Crippen LogP contribution in [0.4, 0.5) is 0 Å². The first kappa shape index (κ1) is 22.5. The number of aryl methyl sites for hydroxylation is 2. The van der Waals surface area contributed by atoms with Crippen LogP contribution in [0.5, 0.6) is 5.75 Å². The van der Waals surface area contributed by atoms with Crippen LogP contribution < -0.4 is 9.46 Å². The molecule has 7 heteroatoms. The zero-order valence-corrected chi connectivity index (χ0v) is 19.6. The average molecular weight is 460 g/mol. The van der Waals surface area contributed by atoms with Crippen molar-refractivity contribution in [3.05, 3.63) is 95.7 Å². The van der Waals surface area contributed by atoms with E-state index in [-0.39, 0.29) is 0 Å². The van der Waals surface area contributed by atoms with Crippen LogP contribution in [0, 0.1) is 6.92 Å². The highest BCUT2D eigenvalue weighted by Crippen LogP contribution is 2.25. The van der Waals surface area contributed by atoms with Gasteiger partial charge in [0.1, 0.15) is 5.75 Å². The number of nitrogens with zero attached hydrogens (tertiary/aromatic N) is 2. The van der Waals surface area contributed by atoms with Crippen molar-refractivity contribution < 1.29 is 13.7 Å². The summed E-state index contributed by atoms with van der Waals surface area (Å²) in [5.41, 5.74) is 5.88. The maximum absolute atomic E-state index is 12.6. The molecule has 0 aliphatic rings. The highest BCUT2D eigenvalue weighted by atomic mass is 32.2. The number of hydrogen-bond donors (Lipinski definition) is 1. The van der Waals surface area contributed by atoms with Gasteiger partial charge >= 0.3 is 0 Å². The summed E-state index contributed by atoms with van der Waals surface area (Å²) in [6.45, 7) is 4.27. The molecule has 0 aliphatic heterocycles. The van der Waals surface area contributed by atoms with E-state index in [1.165, 1.54) is 11.1 Å². The van der Waals surface area contributed by atoms with Gasteiger partial charge in [-0.25, -0.2) is 8.89 Å². The highest BCUT2D eigenvalue weighted by molar-refractivity contribution is 7.83. The van der Waals surface area contributed by atoms with Crippen LogP contribution >= 0.6 is 0 Å². The second-order valence-corrected chi connectivity index (χ2v) is 8.76. The molecule has 1 unspecified atom stereocenters. The van der Waals surface area contributed by atoms with Crippen molar-refractivity contribution in [1.82, 2.24) is 14.5 Å². The fraction of sp³-hybridized carbons (Fsp3) is 0.154. The SMILES string of the molecule is CCc1ccc(-c2ccnn2-c2ccc(C(=O)NS(=O)c3ccc(OC)cc3)cc2)cc1C. The van der Waals surface area contributed by atoms with Gasteiger partial charge in [0.2, 0.25) is 0 Å². The summed E-state index contributed by atoms with van der Waals surface area (Å²) in [5.74, 6) is 0.245. The Morgan fingerprint density at radius 2 is 1.76 bits per heavy atom. The predicted molar refractivity (Wildman–Crippen MR) is 130 cm³/mol. The number of carbonyl (C=O) groups is 1. The third kappa shape index (κ3) is 4.88. The maximum Gasteiger partial charge on any atom is 0.263 e. The molecule has 4 aromatic rings. The van der Waals surface area contributed by atoms with E-state index >= 15 is 0 Å². The number of carbonyl (C=O) groups excluding carboxylic acids is 1. The average Bonchev–Trinajstić information content (AvgIpc) is 3.34. The van der Waals surface area contributed by atoms with Crippen LogP contribution in [0.1, 0.15) is 28.4 Å². The number of aromatic nitrogens is 2. The Labute approximate surface area is 195 Å².